The van der Waals surface area contributed by atoms with Crippen LogP contribution < -0.4 is 20.7 Å². The fraction of sp³-hybridized carbons (Fsp3) is 0.318. The molecular formula is C22H25N3O4. The lowest BCUT2D eigenvalue weighted by Gasteiger charge is -2.20. The van der Waals surface area contributed by atoms with Gasteiger partial charge in [-0.1, -0.05) is 43.3 Å². The molecule has 2 atom stereocenters. The molecule has 1 aliphatic rings. The van der Waals surface area contributed by atoms with Crippen LogP contribution in [-0.4, -0.2) is 37.0 Å². The lowest BCUT2D eigenvalue weighted by Crippen LogP contribution is -2.47. The first kappa shape index (κ1) is 20.4. The largest absolute Gasteiger partial charge is 0.497 e. The van der Waals surface area contributed by atoms with E-state index in [1.54, 1.807) is 7.11 Å². The first-order valence-corrected chi connectivity index (χ1v) is 9.45. The summed E-state index contributed by atoms with van der Waals surface area (Å²) >= 11 is 0. The molecule has 3 N–H and O–H groups in total. The second-order valence-electron chi connectivity index (χ2n) is 7.48. The van der Waals surface area contributed by atoms with E-state index in [1.165, 1.54) is 6.92 Å². The standard InChI is InChI=1S/C22H25N3O4/c1-14(13-23-19(26)12-22(2)20(27)24-21(28)25-22)15-7-9-16(10-8-15)17-5-4-6-18(11-17)29-3/h4-11,14H,12-13H2,1-3H3,(H,23,26)(H2,24,25,27,28). The van der Waals surface area contributed by atoms with Crippen LogP contribution in [0.5, 0.6) is 5.75 Å². The Morgan fingerprint density at radius 2 is 1.86 bits per heavy atom. The van der Waals surface area contributed by atoms with Crippen LogP contribution in [0.25, 0.3) is 11.1 Å². The van der Waals surface area contributed by atoms with Crippen molar-refractivity contribution in [1.82, 2.24) is 16.0 Å². The molecule has 1 fully saturated rings. The van der Waals surface area contributed by atoms with Crippen LogP contribution in [0, 0.1) is 0 Å². The van der Waals surface area contributed by atoms with Crippen LogP contribution in [0.3, 0.4) is 0 Å². The Morgan fingerprint density at radius 3 is 2.48 bits per heavy atom. The minimum absolute atomic E-state index is 0.0955. The van der Waals surface area contributed by atoms with E-state index in [0.717, 1.165) is 22.4 Å². The smallest absolute Gasteiger partial charge is 0.322 e. The topological polar surface area (TPSA) is 96.5 Å². The molecule has 2 unspecified atom stereocenters. The minimum Gasteiger partial charge on any atom is -0.497 e. The molecule has 7 heteroatoms. The zero-order chi connectivity index (χ0) is 21.0. The molecule has 2 aromatic carbocycles. The number of hydrogen-bond acceptors (Lipinski definition) is 4. The number of nitrogens with one attached hydrogen (secondary N) is 3. The maximum Gasteiger partial charge on any atom is 0.322 e. The minimum atomic E-state index is -1.21. The number of rotatable bonds is 7. The molecule has 1 heterocycles. The summed E-state index contributed by atoms with van der Waals surface area (Å²) in [5.41, 5.74) is 2.04. The van der Waals surface area contributed by atoms with Crippen molar-refractivity contribution in [2.45, 2.75) is 31.7 Å². The van der Waals surface area contributed by atoms with Gasteiger partial charge < -0.3 is 15.4 Å². The molecule has 3 rings (SSSR count). The van der Waals surface area contributed by atoms with Gasteiger partial charge in [-0.05, 0) is 41.7 Å². The van der Waals surface area contributed by atoms with Gasteiger partial charge in [0.05, 0.1) is 13.5 Å². The van der Waals surface area contributed by atoms with Gasteiger partial charge in [-0.3, -0.25) is 14.9 Å². The van der Waals surface area contributed by atoms with Crippen molar-refractivity contribution in [3.8, 4) is 16.9 Å². The first-order chi connectivity index (χ1) is 13.8. The number of imide groups is 1. The molecular weight excluding hydrogens is 370 g/mol. The van der Waals surface area contributed by atoms with Crippen molar-refractivity contribution in [2.24, 2.45) is 0 Å². The van der Waals surface area contributed by atoms with Gasteiger partial charge in [0, 0.05) is 6.54 Å². The summed E-state index contributed by atoms with van der Waals surface area (Å²) < 4.78 is 5.27. The Labute approximate surface area is 169 Å². The van der Waals surface area contributed by atoms with Gasteiger partial charge in [-0.2, -0.15) is 0 Å². The van der Waals surface area contributed by atoms with Crippen LogP contribution in [-0.2, 0) is 9.59 Å². The molecule has 2 aromatic rings. The van der Waals surface area contributed by atoms with E-state index in [-0.39, 0.29) is 18.2 Å². The summed E-state index contributed by atoms with van der Waals surface area (Å²) in [5.74, 6) is 0.130. The first-order valence-electron chi connectivity index (χ1n) is 9.45. The SMILES string of the molecule is COc1cccc(-c2ccc(C(C)CNC(=O)CC3(C)NC(=O)NC3=O)cc2)c1. The van der Waals surface area contributed by atoms with E-state index in [0.29, 0.717) is 6.54 Å². The summed E-state index contributed by atoms with van der Waals surface area (Å²) in [7, 11) is 1.64. The van der Waals surface area contributed by atoms with Gasteiger partial charge in [0.15, 0.2) is 0 Å². The highest BCUT2D eigenvalue weighted by Crippen LogP contribution is 2.25. The maximum atomic E-state index is 12.2. The third kappa shape index (κ3) is 4.74. The number of carbonyl (C=O) groups excluding carboxylic acids is 3. The maximum absolute atomic E-state index is 12.2. The molecule has 0 saturated carbocycles. The lowest BCUT2D eigenvalue weighted by molar-refractivity contribution is -0.129. The van der Waals surface area contributed by atoms with Gasteiger partial charge in [0.1, 0.15) is 11.3 Å². The average molecular weight is 395 g/mol. The van der Waals surface area contributed by atoms with Crippen molar-refractivity contribution in [1.29, 1.82) is 0 Å². The summed E-state index contributed by atoms with van der Waals surface area (Å²) in [5, 5.41) is 7.49. The monoisotopic (exact) mass is 395 g/mol. The Balaban J connectivity index is 1.56. The number of amides is 4. The fourth-order valence-corrected chi connectivity index (χ4v) is 3.28. The normalized spacial score (nSPS) is 19.3. The van der Waals surface area contributed by atoms with Gasteiger partial charge in [0.25, 0.3) is 5.91 Å². The quantitative estimate of drug-likeness (QED) is 0.628. The molecule has 0 aliphatic carbocycles. The average Bonchev–Trinajstić information content (AvgIpc) is 2.97. The number of carbonyl (C=O) groups is 3. The Kier molecular flexibility index (Phi) is 5.87. The van der Waals surface area contributed by atoms with E-state index in [4.69, 9.17) is 4.74 Å². The summed E-state index contributed by atoms with van der Waals surface area (Å²) in [6.07, 6.45) is -0.105. The summed E-state index contributed by atoms with van der Waals surface area (Å²) in [4.78, 5) is 35.3. The number of methoxy groups -OCH3 is 1. The molecule has 7 nitrogen and oxygen atoms in total. The molecule has 0 spiro atoms. The molecule has 0 aromatic heterocycles. The Hall–Kier alpha value is -3.35. The zero-order valence-electron chi connectivity index (χ0n) is 16.7. The summed E-state index contributed by atoms with van der Waals surface area (Å²) in [6.45, 7) is 3.99. The zero-order valence-corrected chi connectivity index (χ0v) is 16.7. The highest BCUT2D eigenvalue weighted by Gasteiger charge is 2.43. The van der Waals surface area contributed by atoms with Gasteiger partial charge in [-0.15, -0.1) is 0 Å². The molecule has 4 amide bonds. The highest BCUT2D eigenvalue weighted by atomic mass is 16.5. The van der Waals surface area contributed by atoms with E-state index in [2.05, 4.69) is 16.0 Å². The number of hydrogen-bond donors (Lipinski definition) is 3. The Morgan fingerprint density at radius 1 is 1.14 bits per heavy atom. The van der Waals surface area contributed by atoms with Crippen molar-refractivity contribution in [2.75, 3.05) is 13.7 Å². The van der Waals surface area contributed by atoms with Crippen LogP contribution in [0.4, 0.5) is 4.79 Å². The third-order valence-electron chi connectivity index (χ3n) is 5.12. The lowest BCUT2D eigenvalue weighted by atomic mass is 9.96. The number of urea groups is 1. The number of benzene rings is 2. The molecule has 1 saturated heterocycles. The van der Waals surface area contributed by atoms with Crippen LogP contribution in [0.1, 0.15) is 31.7 Å². The van der Waals surface area contributed by atoms with Gasteiger partial charge in [-0.25, -0.2) is 4.79 Å². The van der Waals surface area contributed by atoms with Crippen LogP contribution in [0.2, 0.25) is 0 Å². The van der Waals surface area contributed by atoms with E-state index >= 15 is 0 Å². The van der Waals surface area contributed by atoms with Gasteiger partial charge >= 0.3 is 6.03 Å². The van der Waals surface area contributed by atoms with Crippen molar-refractivity contribution in [3.05, 3.63) is 54.1 Å². The van der Waals surface area contributed by atoms with E-state index < -0.39 is 17.5 Å². The third-order valence-corrected chi connectivity index (χ3v) is 5.12. The second-order valence-corrected chi connectivity index (χ2v) is 7.48. The number of ether oxygens (including phenoxy) is 1. The highest BCUT2D eigenvalue weighted by molar-refractivity contribution is 6.08. The van der Waals surface area contributed by atoms with Crippen LogP contribution in [0.15, 0.2) is 48.5 Å². The van der Waals surface area contributed by atoms with E-state index in [9.17, 15) is 14.4 Å². The van der Waals surface area contributed by atoms with Crippen molar-refractivity contribution < 1.29 is 19.1 Å². The van der Waals surface area contributed by atoms with E-state index in [1.807, 2.05) is 55.5 Å². The van der Waals surface area contributed by atoms with Crippen molar-refractivity contribution in [3.63, 3.8) is 0 Å². The Bertz CT molecular complexity index is 926. The molecule has 152 valence electrons. The molecule has 0 radical (unpaired) electrons. The van der Waals surface area contributed by atoms with Crippen molar-refractivity contribution >= 4 is 17.8 Å². The summed E-state index contributed by atoms with van der Waals surface area (Å²) in [6, 6.07) is 15.5. The molecule has 1 aliphatic heterocycles. The molecule has 29 heavy (non-hydrogen) atoms. The fourth-order valence-electron chi connectivity index (χ4n) is 3.28. The van der Waals surface area contributed by atoms with Crippen LogP contribution >= 0.6 is 0 Å². The predicted molar refractivity (Wildman–Crippen MR) is 110 cm³/mol. The second kappa shape index (κ2) is 8.34. The van der Waals surface area contributed by atoms with Gasteiger partial charge in [0.2, 0.25) is 5.91 Å². The molecule has 0 bridgehead atoms. The predicted octanol–water partition coefficient (Wildman–Crippen LogP) is 2.57.